The minimum absolute atomic E-state index is 0.0923. The van der Waals surface area contributed by atoms with Crippen molar-refractivity contribution in [2.45, 2.75) is 51.9 Å². The first-order valence-corrected chi connectivity index (χ1v) is 19.2. The van der Waals surface area contributed by atoms with E-state index >= 15 is 0 Å². The van der Waals surface area contributed by atoms with Gasteiger partial charge in [-0.3, -0.25) is 0 Å². The van der Waals surface area contributed by atoms with Crippen molar-refractivity contribution in [3.05, 3.63) is 119 Å². The van der Waals surface area contributed by atoms with E-state index in [1.165, 1.54) is 24.8 Å². The van der Waals surface area contributed by atoms with Crippen molar-refractivity contribution in [2.75, 3.05) is 13.1 Å². The molecule has 2 heterocycles. The van der Waals surface area contributed by atoms with Crippen LogP contribution in [0.15, 0.2) is 90.0 Å². The smallest absolute Gasteiger partial charge is 0.124 e. The second-order valence-electron chi connectivity index (χ2n) is 10.8. The van der Waals surface area contributed by atoms with Gasteiger partial charge in [0, 0.05) is 0 Å². The number of amides is 1. The van der Waals surface area contributed by atoms with Crippen molar-refractivity contribution in [2.24, 2.45) is 0 Å². The van der Waals surface area contributed by atoms with Crippen LogP contribution < -0.4 is 21.2 Å². The Bertz CT molecular complexity index is 1890. The molecule has 0 saturated carbocycles. The fraction of sp³-hybridized carbons (Fsp3) is 0.257. The number of pyridine rings is 1. The number of carbonyl (C=O) groups excluding carboxylic acids is 1. The fourth-order valence-corrected chi connectivity index (χ4v) is 7.91. The van der Waals surface area contributed by atoms with Gasteiger partial charge >= 0.3 is 229 Å². The Morgan fingerprint density at radius 1 is 0.870 bits per heavy atom. The maximum atomic E-state index is 13.3. The van der Waals surface area contributed by atoms with E-state index in [-0.39, 0.29) is 38.4 Å². The quantitative estimate of drug-likeness (QED) is 0.149. The second-order valence-corrected chi connectivity index (χ2v) is 16.1. The summed E-state index contributed by atoms with van der Waals surface area (Å²) in [5.74, 6) is 0.0923. The normalized spacial score (nSPS) is 11.4. The molecule has 0 radical (unpaired) electrons. The van der Waals surface area contributed by atoms with E-state index in [2.05, 4.69) is 69.3 Å². The molecule has 0 spiro atoms. The molecule has 7 nitrogen and oxygen atoms in total. The summed E-state index contributed by atoms with van der Waals surface area (Å²) in [5.41, 5.74) is 5.37. The maximum absolute atomic E-state index is 13.3. The number of benzene rings is 3. The van der Waals surface area contributed by atoms with Gasteiger partial charge in [-0.1, -0.05) is 17.7 Å². The van der Waals surface area contributed by atoms with E-state index < -0.39 is 10.1 Å². The molecule has 3 aromatic carbocycles. The van der Waals surface area contributed by atoms with Crippen LogP contribution in [0.2, 0.25) is 10.0 Å². The van der Waals surface area contributed by atoms with Gasteiger partial charge in [-0.15, -0.1) is 0 Å². The summed E-state index contributed by atoms with van der Waals surface area (Å²) in [4.78, 5) is 19.9. The molecule has 11 heteroatoms. The summed E-state index contributed by atoms with van der Waals surface area (Å²) in [7, 11) is -4.27. The van der Waals surface area contributed by atoms with Crippen molar-refractivity contribution in [3.63, 3.8) is 0 Å². The van der Waals surface area contributed by atoms with Crippen LogP contribution in [0.3, 0.4) is 0 Å². The number of rotatable bonds is 10. The standard InChI is InChI=1S/C28H29Cl2IN3O.C7H8O3S/c1-4-14-33(15-5-2)26(35)17-25-27(32-28-24(30)16-21(29)18-34(25)28)20-8-12-23(13-9-20)31-22-10-6-19(3)7-11-22;1-6-2-4-7(5-3-6)11(8,9)10/h6-13,16,18H,4-5,14-15,17H2,1-3H3;2-5H,1H3,(H,8,9,10)/q-1;/p-1. The second kappa shape index (κ2) is 16.2. The van der Waals surface area contributed by atoms with Gasteiger partial charge in [0.15, 0.2) is 0 Å². The Morgan fingerprint density at radius 2 is 1.39 bits per heavy atom. The number of aryl methyl sites for hydroxylation is 2. The Hall–Kier alpha value is -2.96. The number of hydrogen-bond donors (Lipinski definition) is 0. The molecule has 5 rings (SSSR count). The number of imidazole rings is 1. The molecule has 0 N–H and O–H groups in total. The summed E-state index contributed by atoms with van der Waals surface area (Å²) >= 11 is 12.6. The molecular formula is C35H36Cl2IN3O4S-2. The van der Waals surface area contributed by atoms with Gasteiger partial charge in [-0.05, 0) is 19.1 Å². The van der Waals surface area contributed by atoms with E-state index in [0.29, 0.717) is 15.7 Å². The first-order chi connectivity index (χ1) is 21.9. The van der Waals surface area contributed by atoms with Crippen LogP contribution in [0.1, 0.15) is 43.5 Å². The van der Waals surface area contributed by atoms with Crippen molar-refractivity contribution >= 4 is 44.9 Å². The zero-order chi connectivity index (χ0) is 33.4. The number of halogens is 3. The summed E-state index contributed by atoms with van der Waals surface area (Å²) in [5, 5.41) is 0.982. The van der Waals surface area contributed by atoms with Crippen LogP contribution in [0.4, 0.5) is 0 Å². The minimum atomic E-state index is -4.27. The van der Waals surface area contributed by atoms with E-state index in [4.69, 9.17) is 28.2 Å². The molecule has 0 aliphatic rings. The molecule has 2 aromatic heterocycles. The third-order valence-corrected chi connectivity index (χ3v) is 11.1. The third kappa shape index (κ3) is 9.54. The van der Waals surface area contributed by atoms with Crippen LogP contribution in [-0.4, -0.2) is 46.3 Å². The zero-order valence-corrected chi connectivity index (χ0v) is 30.6. The molecule has 0 aliphatic heterocycles. The summed E-state index contributed by atoms with van der Waals surface area (Å²) in [6.07, 6.45) is 3.89. The third-order valence-electron chi connectivity index (χ3n) is 7.06. The largest absolute Gasteiger partial charge is 0.744 e. The van der Waals surface area contributed by atoms with Crippen molar-refractivity contribution < 1.29 is 39.0 Å². The monoisotopic (exact) mass is 791 g/mol. The average Bonchev–Trinajstić information content (AvgIpc) is 3.37. The first-order valence-electron chi connectivity index (χ1n) is 14.9. The number of carbonyl (C=O) groups is 1. The van der Waals surface area contributed by atoms with Crippen molar-refractivity contribution in [1.29, 1.82) is 0 Å². The van der Waals surface area contributed by atoms with Crippen LogP contribution in [0.5, 0.6) is 0 Å². The van der Waals surface area contributed by atoms with Gasteiger partial charge in [0.05, 0.1) is 4.90 Å². The number of fused-ring (bicyclic) bond motifs is 1. The summed E-state index contributed by atoms with van der Waals surface area (Å²) < 4.78 is 35.8. The predicted molar refractivity (Wildman–Crippen MR) is 179 cm³/mol. The minimum Gasteiger partial charge on any atom is -0.744 e. The van der Waals surface area contributed by atoms with Crippen LogP contribution in [0.25, 0.3) is 16.9 Å². The fourth-order valence-electron chi connectivity index (χ4n) is 4.77. The van der Waals surface area contributed by atoms with E-state index in [1.54, 1.807) is 24.4 Å². The Morgan fingerprint density at radius 3 is 1.91 bits per heavy atom. The van der Waals surface area contributed by atoms with E-state index in [9.17, 15) is 17.8 Å². The number of nitrogens with zero attached hydrogens (tertiary/aromatic N) is 3. The average molecular weight is 793 g/mol. The zero-order valence-electron chi connectivity index (χ0n) is 26.1. The van der Waals surface area contributed by atoms with Crippen molar-refractivity contribution in [3.8, 4) is 11.3 Å². The van der Waals surface area contributed by atoms with Crippen molar-refractivity contribution in [1.82, 2.24) is 14.3 Å². The molecule has 0 aliphatic carbocycles. The van der Waals surface area contributed by atoms with Gasteiger partial charge < -0.3 is 4.55 Å². The van der Waals surface area contributed by atoms with Crippen LogP contribution in [0, 0.1) is 21.0 Å². The molecule has 5 aromatic rings. The van der Waals surface area contributed by atoms with Gasteiger partial charge in [0.2, 0.25) is 0 Å². The van der Waals surface area contributed by atoms with Crippen LogP contribution >= 0.6 is 23.2 Å². The topological polar surface area (TPSA) is 94.8 Å². The Kier molecular flexibility index (Phi) is 12.7. The Labute approximate surface area is 291 Å². The van der Waals surface area contributed by atoms with Gasteiger partial charge in [0.1, 0.15) is 10.1 Å². The molecule has 46 heavy (non-hydrogen) atoms. The molecule has 0 atom stereocenters. The van der Waals surface area contributed by atoms with E-state index in [1.807, 2.05) is 16.2 Å². The van der Waals surface area contributed by atoms with Gasteiger partial charge in [0.25, 0.3) is 0 Å². The SMILES string of the molecule is CCCN(CCC)C(=O)Cc1c(-c2ccc([I-]c3ccc(C)cc3)cc2)nc2c(Cl)cc(Cl)cn12.Cc1ccc(S(=O)(=O)[O-])cc1. The molecule has 0 saturated heterocycles. The molecule has 0 bridgehead atoms. The predicted octanol–water partition coefficient (Wildman–Crippen LogP) is 4.84. The summed E-state index contributed by atoms with van der Waals surface area (Å²) in [6, 6.07) is 24.8. The number of hydrogen-bond acceptors (Lipinski definition) is 5. The van der Waals surface area contributed by atoms with Gasteiger partial charge in [-0.25, -0.2) is 8.42 Å². The molecule has 244 valence electrons. The van der Waals surface area contributed by atoms with E-state index in [0.717, 1.165) is 48.4 Å². The number of aromatic nitrogens is 2. The Balaban J connectivity index is 0.000000369. The molecule has 0 fully saturated rings. The van der Waals surface area contributed by atoms with Crippen LogP contribution in [-0.2, 0) is 21.3 Å². The van der Waals surface area contributed by atoms with Gasteiger partial charge in [-0.2, -0.15) is 0 Å². The first kappa shape index (κ1) is 35.9. The molecule has 1 amide bonds. The molecular weight excluding hydrogens is 756 g/mol. The maximum Gasteiger partial charge on any atom is 0.124 e. The molecule has 0 unspecified atom stereocenters. The summed E-state index contributed by atoms with van der Waals surface area (Å²) in [6.45, 7) is 9.61.